The van der Waals surface area contributed by atoms with Crippen molar-refractivity contribution < 1.29 is 14.6 Å². The molecule has 0 saturated heterocycles. The summed E-state index contributed by atoms with van der Waals surface area (Å²) in [5.41, 5.74) is 0. The molecule has 4 heteroatoms. The molecular formula is C10H19NO3. The lowest BCUT2D eigenvalue weighted by Crippen LogP contribution is -2.27. The van der Waals surface area contributed by atoms with Crippen molar-refractivity contribution >= 4 is 5.97 Å². The summed E-state index contributed by atoms with van der Waals surface area (Å²) in [6.07, 6.45) is 3.78. The van der Waals surface area contributed by atoms with Gasteiger partial charge in [0.2, 0.25) is 0 Å². The number of hydrogen-bond donors (Lipinski definition) is 1. The van der Waals surface area contributed by atoms with Crippen molar-refractivity contribution in [3.8, 4) is 0 Å². The summed E-state index contributed by atoms with van der Waals surface area (Å²) in [5, 5.41) is 8.68. The number of carbonyl (C=O) groups is 1. The molecule has 0 aromatic heterocycles. The molecular weight excluding hydrogens is 182 g/mol. The molecule has 0 saturated carbocycles. The van der Waals surface area contributed by atoms with Gasteiger partial charge in [0, 0.05) is 31.5 Å². The molecule has 14 heavy (non-hydrogen) atoms. The number of esters is 1. The first-order valence-electron chi connectivity index (χ1n) is 4.74. The van der Waals surface area contributed by atoms with Gasteiger partial charge in [-0.05, 0) is 20.3 Å². The van der Waals surface area contributed by atoms with Gasteiger partial charge < -0.3 is 14.7 Å². The zero-order valence-electron chi connectivity index (χ0n) is 9.06. The number of hydrogen-bond acceptors (Lipinski definition) is 4. The Morgan fingerprint density at radius 1 is 1.57 bits per heavy atom. The quantitative estimate of drug-likeness (QED) is 0.509. The van der Waals surface area contributed by atoms with Crippen molar-refractivity contribution in [1.29, 1.82) is 0 Å². The normalized spacial score (nSPS) is 10.9. The molecule has 0 aromatic rings. The second kappa shape index (κ2) is 7.38. The van der Waals surface area contributed by atoms with Gasteiger partial charge in [0.15, 0.2) is 0 Å². The zero-order valence-corrected chi connectivity index (χ0v) is 9.06. The van der Waals surface area contributed by atoms with Crippen LogP contribution in [0.5, 0.6) is 0 Å². The highest BCUT2D eigenvalue weighted by molar-refractivity contribution is 5.81. The lowest BCUT2D eigenvalue weighted by Gasteiger charge is -2.24. The minimum absolute atomic E-state index is 0.162. The molecule has 0 heterocycles. The standard InChI is InChI=1S/C10H19NO3/c1-9(2)11(6-4-8-12)7-5-10(13)14-3/h5,7,9,12H,4,6,8H2,1-3H3. The molecule has 4 nitrogen and oxygen atoms in total. The highest BCUT2D eigenvalue weighted by Crippen LogP contribution is 2.00. The number of carbonyl (C=O) groups excluding carboxylic acids is 1. The van der Waals surface area contributed by atoms with E-state index in [1.165, 1.54) is 13.2 Å². The second-order valence-electron chi connectivity index (χ2n) is 3.25. The van der Waals surface area contributed by atoms with Gasteiger partial charge in [-0.25, -0.2) is 4.79 Å². The Morgan fingerprint density at radius 2 is 2.21 bits per heavy atom. The van der Waals surface area contributed by atoms with Crippen LogP contribution in [0, 0.1) is 0 Å². The van der Waals surface area contributed by atoms with E-state index < -0.39 is 0 Å². The number of methoxy groups -OCH3 is 1. The summed E-state index contributed by atoms with van der Waals surface area (Å²) < 4.78 is 4.48. The number of aliphatic hydroxyl groups is 1. The van der Waals surface area contributed by atoms with Crippen molar-refractivity contribution in [1.82, 2.24) is 4.90 Å². The summed E-state index contributed by atoms with van der Waals surface area (Å²) in [4.78, 5) is 12.8. The SMILES string of the molecule is COC(=O)C=CN(CCCO)C(C)C. The lowest BCUT2D eigenvalue weighted by molar-refractivity contribution is -0.134. The fourth-order valence-corrected chi connectivity index (χ4v) is 0.983. The van der Waals surface area contributed by atoms with E-state index in [-0.39, 0.29) is 12.6 Å². The first kappa shape index (κ1) is 13.0. The summed E-state index contributed by atoms with van der Waals surface area (Å²) in [6, 6.07) is 0.308. The van der Waals surface area contributed by atoms with E-state index >= 15 is 0 Å². The van der Waals surface area contributed by atoms with Crippen LogP contribution in [0.25, 0.3) is 0 Å². The molecule has 0 aromatic carbocycles. The van der Waals surface area contributed by atoms with Crippen LogP contribution < -0.4 is 0 Å². The number of rotatable bonds is 6. The first-order valence-corrected chi connectivity index (χ1v) is 4.74. The van der Waals surface area contributed by atoms with Gasteiger partial charge in [0.25, 0.3) is 0 Å². The van der Waals surface area contributed by atoms with E-state index in [0.717, 1.165) is 6.54 Å². The van der Waals surface area contributed by atoms with Crippen LogP contribution in [0.3, 0.4) is 0 Å². The van der Waals surface area contributed by atoms with E-state index in [4.69, 9.17) is 5.11 Å². The van der Waals surface area contributed by atoms with E-state index in [1.807, 2.05) is 18.7 Å². The maximum atomic E-state index is 10.8. The van der Waals surface area contributed by atoms with Gasteiger partial charge in [0.1, 0.15) is 0 Å². The predicted molar refractivity (Wildman–Crippen MR) is 54.7 cm³/mol. The molecule has 0 fully saturated rings. The van der Waals surface area contributed by atoms with Crippen molar-refractivity contribution in [2.45, 2.75) is 26.3 Å². The van der Waals surface area contributed by atoms with Crippen LogP contribution in [0.15, 0.2) is 12.3 Å². The van der Waals surface area contributed by atoms with Gasteiger partial charge in [-0.15, -0.1) is 0 Å². The van der Waals surface area contributed by atoms with Gasteiger partial charge in [0.05, 0.1) is 7.11 Å². The largest absolute Gasteiger partial charge is 0.466 e. The number of ether oxygens (including phenoxy) is 1. The second-order valence-corrected chi connectivity index (χ2v) is 3.25. The molecule has 0 bridgehead atoms. The van der Waals surface area contributed by atoms with Crippen LogP contribution in [0.2, 0.25) is 0 Å². The van der Waals surface area contributed by atoms with Crippen LogP contribution >= 0.6 is 0 Å². The average molecular weight is 201 g/mol. The highest BCUT2D eigenvalue weighted by atomic mass is 16.5. The van der Waals surface area contributed by atoms with E-state index in [9.17, 15) is 4.79 Å². The van der Waals surface area contributed by atoms with Crippen molar-refractivity contribution in [3.05, 3.63) is 12.3 Å². The summed E-state index contributed by atoms with van der Waals surface area (Å²) in [7, 11) is 1.35. The zero-order chi connectivity index (χ0) is 11.0. The Morgan fingerprint density at radius 3 is 2.64 bits per heavy atom. The predicted octanol–water partition coefficient (Wildman–Crippen LogP) is 0.766. The van der Waals surface area contributed by atoms with Crippen molar-refractivity contribution in [2.75, 3.05) is 20.3 Å². The number of aliphatic hydroxyl groups excluding tert-OH is 1. The minimum Gasteiger partial charge on any atom is -0.466 e. The topological polar surface area (TPSA) is 49.8 Å². The first-order chi connectivity index (χ1) is 6.61. The summed E-state index contributed by atoms with van der Waals surface area (Å²) in [6.45, 7) is 4.95. The molecule has 82 valence electrons. The molecule has 0 aliphatic carbocycles. The number of nitrogens with zero attached hydrogens (tertiary/aromatic N) is 1. The Hall–Kier alpha value is -1.03. The van der Waals surface area contributed by atoms with E-state index in [1.54, 1.807) is 6.20 Å². The van der Waals surface area contributed by atoms with Crippen LogP contribution in [0.1, 0.15) is 20.3 Å². The minimum atomic E-state index is -0.361. The van der Waals surface area contributed by atoms with Crippen LogP contribution in [0.4, 0.5) is 0 Å². The van der Waals surface area contributed by atoms with Crippen molar-refractivity contribution in [2.24, 2.45) is 0 Å². The molecule has 0 unspecified atom stereocenters. The Balaban J connectivity index is 4.08. The summed E-state index contributed by atoms with van der Waals surface area (Å²) >= 11 is 0. The monoisotopic (exact) mass is 201 g/mol. The van der Waals surface area contributed by atoms with E-state index in [0.29, 0.717) is 12.5 Å². The molecule has 0 aliphatic heterocycles. The van der Waals surface area contributed by atoms with E-state index in [2.05, 4.69) is 4.74 Å². The molecule has 1 N–H and O–H groups in total. The Bertz CT molecular complexity index is 190. The summed E-state index contributed by atoms with van der Waals surface area (Å²) in [5.74, 6) is -0.361. The maximum absolute atomic E-state index is 10.8. The van der Waals surface area contributed by atoms with Crippen LogP contribution in [-0.4, -0.2) is 42.3 Å². The highest BCUT2D eigenvalue weighted by Gasteiger charge is 2.03. The smallest absolute Gasteiger partial charge is 0.331 e. The molecule has 0 rings (SSSR count). The van der Waals surface area contributed by atoms with Gasteiger partial charge in [-0.3, -0.25) is 0 Å². The maximum Gasteiger partial charge on any atom is 0.331 e. The van der Waals surface area contributed by atoms with Crippen LogP contribution in [-0.2, 0) is 9.53 Å². The molecule has 0 aliphatic rings. The van der Waals surface area contributed by atoms with Gasteiger partial charge in [-0.2, -0.15) is 0 Å². The third kappa shape index (κ3) is 5.59. The van der Waals surface area contributed by atoms with Crippen molar-refractivity contribution in [3.63, 3.8) is 0 Å². The van der Waals surface area contributed by atoms with Gasteiger partial charge in [-0.1, -0.05) is 0 Å². The molecule has 0 atom stereocenters. The lowest BCUT2D eigenvalue weighted by atomic mass is 10.3. The molecule has 0 amide bonds. The molecule has 0 radical (unpaired) electrons. The fourth-order valence-electron chi connectivity index (χ4n) is 0.983. The third-order valence-electron chi connectivity index (χ3n) is 1.84. The molecule has 0 spiro atoms. The Labute approximate surface area is 85.2 Å². The fraction of sp³-hybridized carbons (Fsp3) is 0.700. The van der Waals surface area contributed by atoms with Gasteiger partial charge >= 0.3 is 5.97 Å². The Kier molecular flexibility index (Phi) is 6.84. The third-order valence-corrected chi connectivity index (χ3v) is 1.84. The average Bonchev–Trinajstić information content (AvgIpc) is 2.16.